The van der Waals surface area contributed by atoms with Gasteiger partial charge in [0.1, 0.15) is 12.1 Å². The number of carbonyl (C=O) groups excluding carboxylic acids is 3. The zero-order valence-electron chi connectivity index (χ0n) is 10.5. The SMILES string of the molecule is NC(=O)CC1=C[C@@H](C(N)=O)N2C[C@@H]1N(OS(=O)(=O)O)C2=O. The highest BCUT2D eigenvalue weighted by atomic mass is 32.3. The van der Waals surface area contributed by atoms with E-state index >= 15 is 0 Å². The van der Waals surface area contributed by atoms with Crippen LogP contribution in [0, 0.1) is 0 Å². The van der Waals surface area contributed by atoms with Crippen LogP contribution in [0.4, 0.5) is 4.79 Å². The quantitative estimate of drug-likeness (QED) is 0.370. The minimum Gasteiger partial charge on any atom is -0.369 e. The summed E-state index contributed by atoms with van der Waals surface area (Å²) in [5.41, 5.74) is 10.4. The first-order valence-corrected chi connectivity index (χ1v) is 7.01. The standard InChI is InChI=1S/C9H12N4O7S/c10-7(14)2-4-1-5(8(11)15)12-3-6(4)13(9(12)16)20-21(17,18)19/h1,5-6H,2-3H2,(H2,10,14)(H2,11,15)(H,17,18,19)/t5-,6-/m0/s1. The Bertz CT molecular complexity index is 642. The third kappa shape index (κ3) is 2.96. The first-order chi connectivity index (χ1) is 9.60. The van der Waals surface area contributed by atoms with Crippen molar-refractivity contribution in [2.24, 2.45) is 11.5 Å². The fourth-order valence-corrected chi connectivity index (χ4v) is 2.67. The van der Waals surface area contributed by atoms with E-state index in [1.807, 2.05) is 0 Å². The summed E-state index contributed by atoms with van der Waals surface area (Å²) in [6, 6.07) is -3.10. The molecule has 0 aromatic carbocycles. The lowest BCUT2D eigenvalue weighted by molar-refractivity contribution is -0.121. The second kappa shape index (κ2) is 4.98. The third-order valence-electron chi connectivity index (χ3n) is 3.07. The van der Waals surface area contributed by atoms with Gasteiger partial charge in [0.25, 0.3) is 0 Å². The molecule has 0 aromatic rings. The van der Waals surface area contributed by atoms with Gasteiger partial charge in [-0.2, -0.15) is 13.5 Å². The summed E-state index contributed by atoms with van der Waals surface area (Å²) in [5.74, 6) is -1.61. The molecule has 0 radical (unpaired) electrons. The number of urea groups is 1. The number of nitrogens with zero attached hydrogens (tertiary/aromatic N) is 2. The lowest BCUT2D eigenvalue weighted by atomic mass is 9.96. The van der Waals surface area contributed by atoms with E-state index in [1.165, 1.54) is 6.08 Å². The smallest absolute Gasteiger partial charge is 0.369 e. The molecule has 2 atom stereocenters. The van der Waals surface area contributed by atoms with Crippen molar-refractivity contribution in [3.63, 3.8) is 0 Å². The minimum atomic E-state index is -4.95. The molecule has 21 heavy (non-hydrogen) atoms. The molecule has 1 fully saturated rings. The van der Waals surface area contributed by atoms with Crippen LogP contribution in [0.1, 0.15) is 6.42 Å². The summed E-state index contributed by atoms with van der Waals surface area (Å²) in [4.78, 5) is 35.3. The predicted molar refractivity (Wildman–Crippen MR) is 65.2 cm³/mol. The first kappa shape index (κ1) is 15.2. The van der Waals surface area contributed by atoms with Crippen LogP contribution in [0.5, 0.6) is 0 Å². The Labute approximate surface area is 119 Å². The van der Waals surface area contributed by atoms with Gasteiger partial charge in [-0.15, -0.1) is 4.28 Å². The highest BCUT2D eigenvalue weighted by Gasteiger charge is 2.49. The van der Waals surface area contributed by atoms with Crippen LogP contribution in [0.3, 0.4) is 0 Å². The highest BCUT2D eigenvalue weighted by molar-refractivity contribution is 7.80. The van der Waals surface area contributed by atoms with Gasteiger partial charge in [0.15, 0.2) is 0 Å². The summed E-state index contributed by atoms with van der Waals surface area (Å²) < 4.78 is 34.5. The van der Waals surface area contributed by atoms with E-state index < -0.39 is 40.3 Å². The van der Waals surface area contributed by atoms with Crippen LogP contribution < -0.4 is 11.5 Å². The van der Waals surface area contributed by atoms with Crippen molar-refractivity contribution < 1.29 is 31.6 Å². The fraction of sp³-hybridized carbons (Fsp3) is 0.444. The Morgan fingerprint density at radius 3 is 2.52 bits per heavy atom. The molecule has 0 aromatic heterocycles. The molecule has 2 rings (SSSR count). The monoisotopic (exact) mass is 320 g/mol. The Morgan fingerprint density at radius 1 is 1.43 bits per heavy atom. The van der Waals surface area contributed by atoms with Crippen LogP contribution in [0.2, 0.25) is 0 Å². The van der Waals surface area contributed by atoms with E-state index in [4.69, 9.17) is 16.0 Å². The van der Waals surface area contributed by atoms with Crippen molar-refractivity contribution in [1.82, 2.24) is 9.96 Å². The summed E-state index contributed by atoms with van der Waals surface area (Å²) in [6.45, 7) is -0.124. The first-order valence-electron chi connectivity index (χ1n) is 5.65. The lowest BCUT2D eigenvalue weighted by Gasteiger charge is -2.27. The molecular weight excluding hydrogens is 308 g/mol. The molecule has 2 bridgehead atoms. The van der Waals surface area contributed by atoms with Gasteiger partial charge < -0.3 is 16.4 Å². The van der Waals surface area contributed by atoms with Gasteiger partial charge in [0, 0.05) is 6.42 Å². The summed E-state index contributed by atoms with van der Waals surface area (Å²) in [5, 5.41) is 0.368. The summed E-state index contributed by atoms with van der Waals surface area (Å²) in [7, 11) is -4.95. The van der Waals surface area contributed by atoms with Crippen LogP contribution in [-0.4, -0.2) is 59.4 Å². The van der Waals surface area contributed by atoms with E-state index in [9.17, 15) is 22.8 Å². The van der Waals surface area contributed by atoms with Gasteiger partial charge in [-0.1, -0.05) is 6.08 Å². The van der Waals surface area contributed by atoms with Gasteiger partial charge in [-0.05, 0) is 5.57 Å². The number of rotatable bonds is 5. The molecule has 0 saturated carbocycles. The minimum absolute atomic E-state index is 0.124. The van der Waals surface area contributed by atoms with Crippen molar-refractivity contribution in [2.75, 3.05) is 6.54 Å². The number of hydrogen-bond acceptors (Lipinski definition) is 6. The molecule has 116 valence electrons. The molecule has 12 heteroatoms. The van der Waals surface area contributed by atoms with Crippen molar-refractivity contribution in [3.8, 4) is 0 Å². The normalized spacial score (nSPS) is 25.0. The van der Waals surface area contributed by atoms with Crippen molar-refractivity contribution in [2.45, 2.75) is 18.5 Å². The Morgan fingerprint density at radius 2 is 2.05 bits per heavy atom. The number of primary amides is 2. The number of fused-ring (bicyclic) bond motifs is 2. The summed E-state index contributed by atoms with van der Waals surface area (Å²) >= 11 is 0. The molecule has 0 aliphatic carbocycles. The Hall–Kier alpha value is -2.18. The number of carbonyl (C=O) groups is 3. The molecule has 0 spiro atoms. The molecule has 0 unspecified atom stereocenters. The van der Waals surface area contributed by atoms with E-state index in [1.54, 1.807) is 0 Å². The largest absolute Gasteiger partial charge is 0.418 e. The van der Waals surface area contributed by atoms with Crippen LogP contribution in [0.15, 0.2) is 11.6 Å². The number of amides is 4. The number of hydroxylamine groups is 2. The van der Waals surface area contributed by atoms with Gasteiger partial charge in [-0.25, -0.2) is 4.79 Å². The second-order valence-electron chi connectivity index (χ2n) is 4.51. The summed E-state index contributed by atoms with van der Waals surface area (Å²) in [6.07, 6.45) is 0.938. The van der Waals surface area contributed by atoms with Gasteiger partial charge in [0.05, 0.1) is 6.54 Å². The van der Waals surface area contributed by atoms with E-state index in [0.717, 1.165) is 4.90 Å². The van der Waals surface area contributed by atoms with Gasteiger partial charge >= 0.3 is 16.4 Å². The maximum Gasteiger partial charge on any atom is 0.418 e. The van der Waals surface area contributed by atoms with Crippen LogP contribution >= 0.6 is 0 Å². The maximum atomic E-state index is 12.0. The van der Waals surface area contributed by atoms with Gasteiger partial charge in [0.2, 0.25) is 11.8 Å². The van der Waals surface area contributed by atoms with Crippen molar-refractivity contribution in [3.05, 3.63) is 11.6 Å². The van der Waals surface area contributed by atoms with Crippen molar-refractivity contribution >= 4 is 28.2 Å². The molecule has 4 amide bonds. The maximum absolute atomic E-state index is 12.0. The molecular formula is C9H12N4O7S. The van der Waals surface area contributed by atoms with E-state index in [2.05, 4.69) is 4.28 Å². The van der Waals surface area contributed by atoms with Crippen LogP contribution in [0.25, 0.3) is 0 Å². The molecule has 5 N–H and O–H groups in total. The average Bonchev–Trinajstić information content (AvgIpc) is 2.56. The second-order valence-corrected chi connectivity index (χ2v) is 5.52. The number of hydrogen-bond donors (Lipinski definition) is 3. The molecule has 2 heterocycles. The van der Waals surface area contributed by atoms with Crippen LogP contribution in [-0.2, 0) is 24.3 Å². The zero-order chi connectivity index (χ0) is 15.9. The molecule has 2 aliphatic rings. The topological polar surface area (TPSA) is 173 Å². The highest BCUT2D eigenvalue weighted by Crippen LogP contribution is 2.32. The average molecular weight is 320 g/mol. The lowest BCUT2D eigenvalue weighted by Crippen LogP contribution is -2.47. The van der Waals surface area contributed by atoms with Gasteiger partial charge in [-0.3, -0.25) is 14.1 Å². The third-order valence-corrected chi connectivity index (χ3v) is 3.42. The predicted octanol–water partition coefficient (Wildman–Crippen LogP) is -2.50. The van der Waals surface area contributed by atoms with Crippen molar-refractivity contribution in [1.29, 1.82) is 0 Å². The molecule has 2 aliphatic heterocycles. The molecule has 1 saturated heterocycles. The van der Waals surface area contributed by atoms with E-state index in [0.29, 0.717) is 5.06 Å². The Balaban J connectivity index is 2.39. The zero-order valence-corrected chi connectivity index (χ0v) is 11.3. The number of nitrogens with two attached hydrogens (primary N) is 2. The van der Waals surface area contributed by atoms with E-state index in [-0.39, 0.29) is 18.5 Å². The Kier molecular flexibility index (Phi) is 3.61. The fourth-order valence-electron chi connectivity index (χ4n) is 2.30. The molecule has 11 nitrogen and oxygen atoms in total.